The van der Waals surface area contributed by atoms with Crippen LogP contribution >= 0.6 is 0 Å². The predicted molar refractivity (Wildman–Crippen MR) is 177 cm³/mol. The van der Waals surface area contributed by atoms with E-state index in [1.54, 1.807) is 0 Å². The van der Waals surface area contributed by atoms with E-state index >= 15 is 0 Å². The third-order valence-electron chi connectivity index (χ3n) is 8.76. The van der Waals surface area contributed by atoms with Gasteiger partial charge in [0.2, 0.25) is 6.79 Å². The van der Waals surface area contributed by atoms with Crippen molar-refractivity contribution < 1.29 is 38.8 Å². The number of amides is 1. The highest BCUT2D eigenvalue weighted by atomic mass is 16.7. The largest absolute Gasteiger partial charge is 0.493 e. The number of benzene rings is 3. The van der Waals surface area contributed by atoms with E-state index in [4.69, 9.17) is 19.3 Å². The number of ether oxygens (including phenoxy) is 3. The first-order valence-electron chi connectivity index (χ1n) is 16.5. The molecular formula is C37H44N2O8. The molecule has 0 bridgehead atoms. The molecule has 3 aromatic rings. The van der Waals surface area contributed by atoms with E-state index < -0.39 is 11.9 Å². The number of unbranched alkanes of at least 4 members (excludes halogenated alkanes) is 2. The number of carbonyl (C=O) groups excluding carboxylic acids is 1. The highest BCUT2D eigenvalue weighted by Crippen LogP contribution is 2.36. The molecule has 2 aliphatic rings. The third kappa shape index (κ3) is 9.48. The minimum atomic E-state index is -0.870. The van der Waals surface area contributed by atoms with Crippen LogP contribution in [0.15, 0.2) is 54.6 Å². The van der Waals surface area contributed by atoms with Crippen molar-refractivity contribution >= 4 is 17.8 Å². The van der Waals surface area contributed by atoms with Gasteiger partial charge in [-0.1, -0.05) is 30.7 Å². The Bertz CT molecular complexity index is 1560. The van der Waals surface area contributed by atoms with Crippen molar-refractivity contribution in [2.24, 2.45) is 0 Å². The zero-order valence-electron chi connectivity index (χ0n) is 27.0. The molecule has 0 aliphatic carbocycles. The number of piperazine rings is 1. The smallest absolute Gasteiger partial charge is 0.303 e. The number of carbonyl (C=O) groups is 3. The second-order valence-corrected chi connectivity index (χ2v) is 12.3. The summed E-state index contributed by atoms with van der Waals surface area (Å²) >= 11 is 0. The molecule has 0 radical (unpaired) electrons. The molecule has 0 atom stereocenters. The fourth-order valence-electron chi connectivity index (χ4n) is 6.12. The van der Waals surface area contributed by atoms with Gasteiger partial charge in [0.05, 0.1) is 6.61 Å². The van der Waals surface area contributed by atoms with Gasteiger partial charge in [0.15, 0.2) is 11.5 Å². The first kappa shape index (κ1) is 33.8. The minimum Gasteiger partial charge on any atom is -0.493 e. The molecule has 10 heteroatoms. The lowest BCUT2D eigenvalue weighted by molar-refractivity contribution is -0.138. The number of likely N-dealkylation sites (N-methyl/N-ethyl adjacent to an activating group) is 1. The molecule has 10 nitrogen and oxygen atoms in total. The van der Waals surface area contributed by atoms with Gasteiger partial charge >= 0.3 is 11.9 Å². The molecule has 250 valence electrons. The van der Waals surface area contributed by atoms with Crippen LogP contribution in [0.1, 0.15) is 65.6 Å². The zero-order valence-corrected chi connectivity index (χ0v) is 27.0. The lowest BCUT2D eigenvalue weighted by Gasteiger charge is -2.32. The molecular weight excluding hydrogens is 600 g/mol. The van der Waals surface area contributed by atoms with E-state index in [1.165, 1.54) is 0 Å². The van der Waals surface area contributed by atoms with Crippen LogP contribution in [0.3, 0.4) is 0 Å². The molecule has 3 aromatic carbocycles. The van der Waals surface area contributed by atoms with Gasteiger partial charge < -0.3 is 34.2 Å². The number of rotatable bonds is 16. The Hall–Kier alpha value is -4.57. The van der Waals surface area contributed by atoms with E-state index in [2.05, 4.69) is 18.0 Å². The normalized spacial score (nSPS) is 14.3. The summed E-state index contributed by atoms with van der Waals surface area (Å²) in [6.07, 6.45) is 5.17. The lowest BCUT2D eigenvalue weighted by atomic mass is 9.94. The number of carboxylic acids is 2. The summed E-state index contributed by atoms with van der Waals surface area (Å²) in [4.78, 5) is 40.0. The maximum absolute atomic E-state index is 13.6. The van der Waals surface area contributed by atoms with Crippen LogP contribution in [-0.4, -0.2) is 84.5 Å². The molecule has 0 aromatic heterocycles. The number of fused-ring (bicyclic) bond motifs is 1. The van der Waals surface area contributed by atoms with Crippen molar-refractivity contribution in [3.05, 3.63) is 76.9 Å². The number of hydrogen-bond donors (Lipinski definition) is 2. The molecule has 1 amide bonds. The van der Waals surface area contributed by atoms with Gasteiger partial charge in [0.25, 0.3) is 5.91 Å². The minimum absolute atomic E-state index is 0.00259. The van der Waals surface area contributed by atoms with E-state index in [0.717, 1.165) is 78.8 Å². The van der Waals surface area contributed by atoms with Gasteiger partial charge in [-0.2, -0.15) is 0 Å². The average Bonchev–Trinajstić information content (AvgIpc) is 3.54. The molecule has 5 rings (SSSR count). The molecule has 0 spiro atoms. The second-order valence-electron chi connectivity index (χ2n) is 12.3. The molecule has 1 fully saturated rings. The summed E-state index contributed by atoms with van der Waals surface area (Å²) in [6, 6.07) is 17.8. The number of carboxylic acid groups (broad SMARTS) is 2. The summed E-state index contributed by atoms with van der Waals surface area (Å²) in [5, 5.41) is 18.2. The van der Waals surface area contributed by atoms with Crippen molar-refractivity contribution in [2.75, 3.05) is 46.6 Å². The Morgan fingerprint density at radius 2 is 1.53 bits per heavy atom. The standard InChI is InChI=1S/C37H44N2O8/c1-38-16-18-39(19-17-38)37(44)30-22-26(21-29(23-30)28-12-14-33-34(24-28)47-25-46-33)7-3-2-4-8-27-9-5-10-32(31(27)13-15-36(42)43)45-20-6-11-35(40)41/h5,9-10,12,14,21-24H,2-4,6-8,11,13,15-20,25H2,1H3,(H,40,41)(H,42,43). The molecule has 1 saturated heterocycles. The first-order chi connectivity index (χ1) is 22.8. The molecule has 0 saturated carbocycles. The van der Waals surface area contributed by atoms with E-state index in [-0.39, 0.29) is 32.1 Å². The highest BCUT2D eigenvalue weighted by Gasteiger charge is 2.22. The van der Waals surface area contributed by atoms with Crippen molar-refractivity contribution in [1.82, 2.24) is 9.80 Å². The van der Waals surface area contributed by atoms with Crippen LogP contribution in [0.5, 0.6) is 17.2 Å². The summed E-state index contributed by atoms with van der Waals surface area (Å²) in [5.41, 5.74) is 5.70. The van der Waals surface area contributed by atoms with Crippen LogP contribution in [0, 0.1) is 0 Å². The van der Waals surface area contributed by atoms with E-state index in [0.29, 0.717) is 43.0 Å². The van der Waals surface area contributed by atoms with E-state index in [9.17, 15) is 19.5 Å². The van der Waals surface area contributed by atoms with Crippen molar-refractivity contribution in [3.8, 4) is 28.4 Å². The molecule has 0 unspecified atom stereocenters. The van der Waals surface area contributed by atoms with Crippen molar-refractivity contribution in [3.63, 3.8) is 0 Å². The number of nitrogens with zero attached hydrogens (tertiary/aromatic N) is 2. The topological polar surface area (TPSA) is 126 Å². The Morgan fingerprint density at radius 3 is 2.32 bits per heavy atom. The van der Waals surface area contributed by atoms with Gasteiger partial charge in [0, 0.05) is 44.6 Å². The fraction of sp³-hybridized carbons (Fsp3) is 0.432. The van der Waals surface area contributed by atoms with Gasteiger partial charge in [-0.05, 0) is 104 Å². The number of aryl methyl sites for hydroxylation is 2. The van der Waals surface area contributed by atoms with Crippen LogP contribution < -0.4 is 14.2 Å². The maximum atomic E-state index is 13.6. The van der Waals surface area contributed by atoms with Crippen molar-refractivity contribution in [2.45, 2.75) is 57.8 Å². The summed E-state index contributed by atoms with van der Waals surface area (Å²) in [5.74, 6) is 0.376. The maximum Gasteiger partial charge on any atom is 0.303 e. The second kappa shape index (κ2) is 16.3. The molecule has 2 N–H and O–H groups in total. The fourth-order valence-corrected chi connectivity index (χ4v) is 6.12. The predicted octanol–water partition coefficient (Wildman–Crippen LogP) is 5.69. The Morgan fingerprint density at radius 1 is 0.766 bits per heavy atom. The highest BCUT2D eigenvalue weighted by molar-refractivity contribution is 5.96. The van der Waals surface area contributed by atoms with Crippen molar-refractivity contribution in [1.29, 1.82) is 0 Å². The Balaban J connectivity index is 1.25. The van der Waals surface area contributed by atoms with Gasteiger partial charge in [-0.3, -0.25) is 14.4 Å². The van der Waals surface area contributed by atoms with Gasteiger partial charge in [-0.25, -0.2) is 0 Å². The Kier molecular flexibility index (Phi) is 11.7. The third-order valence-corrected chi connectivity index (χ3v) is 8.76. The van der Waals surface area contributed by atoms with Gasteiger partial charge in [-0.15, -0.1) is 0 Å². The summed E-state index contributed by atoms with van der Waals surface area (Å²) in [6.45, 7) is 3.61. The molecule has 2 aliphatic heterocycles. The average molecular weight is 645 g/mol. The monoisotopic (exact) mass is 644 g/mol. The SMILES string of the molecule is CN1CCN(C(=O)c2cc(CCCCCc3cccc(OCCCC(=O)O)c3CCC(=O)O)cc(-c3ccc4c(c3)OCO4)c2)CC1. The van der Waals surface area contributed by atoms with Crippen LogP contribution in [0.25, 0.3) is 11.1 Å². The Labute approximate surface area is 275 Å². The number of aliphatic carboxylic acids is 2. The lowest BCUT2D eigenvalue weighted by Crippen LogP contribution is -2.47. The molecule has 47 heavy (non-hydrogen) atoms. The number of hydrogen-bond acceptors (Lipinski definition) is 7. The molecule has 2 heterocycles. The zero-order chi connectivity index (χ0) is 33.2. The quantitative estimate of drug-likeness (QED) is 0.189. The van der Waals surface area contributed by atoms with Crippen LogP contribution in [0.4, 0.5) is 0 Å². The first-order valence-corrected chi connectivity index (χ1v) is 16.5. The summed E-state index contributed by atoms with van der Waals surface area (Å²) in [7, 11) is 2.08. The van der Waals surface area contributed by atoms with Crippen LogP contribution in [-0.2, 0) is 28.9 Å². The van der Waals surface area contributed by atoms with Crippen LogP contribution in [0.2, 0.25) is 0 Å². The van der Waals surface area contributed by atoms with Gasteiger partial charge in [0.1, 0.15) is 5.75 Å². The van der Waals surface area contributed by atoms with E-state index in [1.807, 2.05) is 53.4 Å². The summed E-state index contributed by atoms with van der Waals surface area (Å²) < 4.78 is 17.0.